The van der Waals surface area contributed by atoms with Crippen LogP contribution in [0.1, 0.15) is 29.3 Å². The molecule has 0 radical (unpaired) electrons. The Labute approximate surface area is 116 Å². The van der Waals surface area contributed by atoms with Gasteiger partial charge in [0.05, 0.1) is 18.0 Å². The minimum Gasteiger partial charge on any atom is -0.466 e. The van der Waals surface area contributed by atoms with Crippen LogP contribution in [0.3, 0.4) is 0 Å². The molecular weight excluding hydrogens is 264 g/mol. The number of nitrogens with one attached hydrogen (secondary N) is 1. The zero-order valence-electron chi connectivity index (χ0n) is 11.3. The second kappa shape index (κ2) is 7.22. The van der Waals surface area contributed by atoms with Crippen molar-refractivity contribution in [3.8, 4) is 0 Å². The molecule has 0 aliphatic carbocycles. The van der Waals surface area contributed by atoms with E-state index in [9.17, 15) is 19.7 Å². The molecule has 0 saturated heterocycles. The van der Waals surface area contributed by atoms with Gasteiger partial charge < -0.3 is 10.1 Å². The van der Waals surface area contributed by atoms with E-state index in [1.165, 1.54) is 25.1 Å². The van der Waals surface area contributed by atoms with E-state index in [4.69, 9.17) is 4.74 Å². The fourth-order valence-electron chi connectivity index (χ4n) is 1.67. The predicted molar refractivity (Wildman–Crippen MR) is 71.4 cm³/mol. The van der Waals surface area contributed by atoms with Gasteiger partial charge in [0.2, 0.25) is 0 Å². The SMILES string of the molecule is CCOC(=O)CCNC(=O)c1cccc([N+](=O)[O-])c1C. The first-order valence-corrected chi connectivity index (χ1v) is 6.15. The number of carbonyl (C=O) groups excluding carboxylic acids is 2. The topological polar surface area (TPSA) is 98.5 Å². The summed E-state index contributed by atoms with van der Waals surface area (Å²) < 4.78 is 4.72. The van der Waals surface area contributed by atoms with Gasteiger partial charge in [-0.15, -0.1) is 0 Å². The zero-order chi connectivity index (χ0) is 15.1. The normalized spacial score (nSPS) is 9.90. The molecule has 7 nitrogen and oxygen atoms in total. The molecule has 7 heteroatoms. The number of hydrogen-bond acceptors (Lipinski definition) is 5. The minimum atomic E-state index is -0.537. The average molecular weight is 280 g/mol. The summed E-state index contributed by atoms with van der Waals surface area (Å²) >= 11 is 0. The number of ether oxygens (including phenoxy) is 1. The first-order chi connectivity index (χ1) is 9.47. The number of hydrogen-bond donors (Lipinski definition) is 1. The lowest BCUT2D eigenvalue weighted by molar-refractivity contribution is -0.385. The molecule has 0 unspecified atom stereocenters. The number of nitro benzene ring substituents is 1. The number of rotatable bonds is 6. The van der Waals surface area contributed by atoms with Crippen LogP contribution in [-0.2, 0) is 9.53 Å². The van der Waals surface area contributed by atoms with Crippen LogP contribution in [0, 0.1) is 17.0 Å². The first kappa shape index (κ1) is 15.6. The van der Waals surface area contributed by atoms with Gasteiger partial charge in [0.15, 0.2) is 0 Å². The van der Waals surface area contributed by atoms with Gasteiger partial charge in [-0.05, 0) is 19.9 Å². The fraction of sp³-hybridized carbons (Fsp3) is 0.385. The molecule has 20 heavy (non-hydrogen) atoms. The second-order valence-electron chi connectivity index (χ2n) is 4.02. The summed E-state index contributed by atoms with van der Waals surface area (Å²) in [4.78, 5) is 33.2. The van der Waals surface area contributed by atoms with Crippen molar-refractivity contribution >= 4 is 17.6 Å². The summed E-state index contributed by atoms with van der Waals surface area (Å²) in [5, 5.41) is 13.3. The molecule has 0 aliphatic heterocycles. The first-order valence-electron chi connectivity index (χ1n) is 6.15. The molecule has 108 valence electrons. The number of amides is 1. The third kappa shape index (κ3) is 4.04. The number of esters is 1. The van der Waals surface area contributed by atoms with Gasteiger partial charge in [0.25, 0.3) is 11.6 Å². The highest BCUT2D eigenvalue weighted by molar-refractivity contribution is 5.96. The number of carbonyl (C=O) groups is 2. The van der Waals surface area contributed by atoms with E-state index >= 15 is 0 Å². The van der Waals surface area contributed by atoms with Crippen LogP contribution in [0.5, 0.6) is 0 Å². The Morgan fingerprint density at radius 2 is 2.10 bits per heavy atom. The van der Waals surface area contributed by atoms with Gasteiger partial charge in [0, 0.05) is 23.7 Å². The quantitative estimate of drug-likeness (QED) is 0.484. The van der Waals surface area contributed by atoms with Crippen LogP contribution in [0.4, 0.5) is 5.69 Å². The minimum absolute atomic E-state index is 0.0631. The van der Waals surface area contributed by atoms with Crippen molar-refractivity contribution in [2.24, 2.45) is 0 Å². The number of benzene rings is 1. The Morgan fingerprint density at radius 3 is 2.70 bits per heavy atom. The Bertz CT molecular complexity index is 527. The number of nitro groups is 1. The van der Waals surface area contributed by atoms with Crippen molar-refractivity contribution < 1.29 is 19.2 Å². The van der Waals surface area contributed by atoms with Crippen LogP contribution in [-0.4, -0.2) is 30.0 Å². The molecule has 0 aromatic heterocycles. The van der Waals surface area contributed by atoms with Crippen LogP contribution in [0.2, 0.25) is 0 Å². The summed E-state index contributed by atoms with van der Waals surface area (Å²) in [7, 11) is 0. The Hall–Kier alpha value is -2.44. The Morgan fingerprint density at radius 1 is 1.40 bits per heavy atom. The van der Waals surface area contributed by atoms with Crippen LogP contribution < -0.4 is 5.32 Å². The average Bonchev–Trinajstić information content (AvgIpc) is 2.38. The Kier molecular flexibility index (Phi) is 5.64. The highest BCUT2D eigenvalue weighted by Crippen LogP contribution is 2.20. The van der Waals surface area contributed by atoms with Crippen molar-refractivity contribution in [3.05, 3.63) is 39.4 Å². The third-order valence-corrected chi connectivity index (χ3v) is 2.67. The smallest absolute Gasteiger partial charge is 0.307 e. The van der Waals surface area contributed by atoms with Crippen molar-refractivity contribution in [2.75, 3.05) is 13.2 Å². The number of nitrogens with zero attached hydrogens (tertiary/aromatic N) is 1. The molecule has 0 aliphatic rings. The van der Waals surface area contributed by atoms with Crippen LogP contribution in [0.25, 0.3) is 0 Å². The van der Waals surface area contributed by atoms with Crippen molar-refractivity contribution in [1.29, 1.82) is 0 Å². The summed E-state index contributed by atoms with van der Waals surface area (Å²) in [5.41, 5.74) is 0.414. The van der Waals surface area contributed by atoms with E-state index < -0.39 is 16.8 Å². The zero-order valence-corrected chi connectivity index (χ0v) is 11.3. The van der Waals surface area contributed by atoms with E-state index in [1.54, 1.807) is 6.92 Å². The van der Waals surface area contributed by atoms with E-state index in [0.717, 1.165) is 0 Å². The predicted octanol–water partition coefficient (Wildman–Crippen LogP) is 1.59. The standard InChI is InChI=1S/C13H16N2O5/c1-3-20-12(16)7-8-14-13(17)10-5-4-6-11(9(10)2)15(18)19/h4-6H,3,7-8H2,1-2H3,(H,14,17). The van der Waals surface area contributed by atoms with E-state index in [0.29, 0.717) is 5.56 Å². The van der Waals surface area contributed by atoms with Gasteiger partial charge >= 0.3 is 5.97 Å². The van der Waals surface area contributed by atoms with Crippen LogP contribution >= 0.6 is 0 Å². The second-order valence-corrected chi connectivity index (χ2v) is 4.02. The van der Waals surface area contributed by atoms with Gasteiger partial charge in [0.1, 0.15) is 0 Å². The molecule has 0 fully saturated rings. The molecule has 1 aromatic rings. The lowest BCUT2D eigenvalue weighted by atomic mass is 10.1. The van der Waals surface area contributed by atoms with Gasteiger partial charge in [-0.25, -0.2) is 0 Å². The van der Waals surface area contributed by atoms with Crippen molar-refractivity contribution in [3.63, 3.8) is 0 Å². The third-order valence-electron chi connectivity index (χ3n) is 2.67. The Balaban J connectivity index is 2.67. The lowest BCUT2D eigenvalue weighted by Crippen LogP contribution is -2.27. The van der Waals surface area contributed by atoms with Crippen molar-refractivity contribution in [2.45, 2.75) is 20.3 Å². The molecule has 0 bridgehead atoms. The summed E-state index contributed by atoms with van der Waals surface area (Å²) in [6, 6.07) is 4.29. The van der Waals surface area contributed by atoms with Gasteiger partial charge in [-0.1, -0.05) is 6.07 Å². The van der Waals surface area contributed by atoms with Gasteiger partial charge in [-0.3, -0.25) is 19.7 Å². The maximum Gasteiger partial charge on any atom is 0.307 e. The highest BCUT2D eigenvalue weighted by atomic mass is 16.6. The molecule has 0 atom stereocenters. The maximum absolute atomic E-state index is 11.9. The summed E-state index contributed by atoms with van der Waals surface area (Å²) in [6.07, 6.45) is 0.0631. The fourth-order valence-corrected chi connectivity index (χ4v) is 1.67. The molecule has 1 aromatic carbocycles. The summed E-state index contributed by atoms with van der Waals surface area (Å²) in [6.45, 7) is 3.62. The molecular formula is C13H16N2O5. The lowest BCUT2D eigenvalue weighted by Gasteiger charge is -2.07. The molecule has 0 spiro atoms. The maximum atomic E-state index is 11.9. The molecule has 1 N–H and O–H groups in total. The van der Waals surface area contributed by atoms with E-state index in [1.807, 2.05) is 0 Å². The van der Waals surface area contributed by atoms with Gasteiger partial charge in [-0.2, -0.15) is 0 Å². The van der Waals surface area contributed by atoms with E-state index in [-0.39, 0.29) is 30.8 Å². The highest BCUT2D eigenvalue weighted by Gasteiger charge is 2.17. The largest absolute Gasteiger partial charge is 0.466 e. The van der Waals surface area contributed by atoms with Crippen LogP contribution in [0.15, 0.2) is 18.2 Å². The molecule has 1 rings (SSSR count). The molecule has 0 heterocycles. The van der Waals surface area contributed by atoms with E-state index in [2.05, 4.69) is 5.32 Å². The summed E-state index contributed by atoms with van der Waals surface area (Å²) in [5.74, 6) is -0.848. The molecule has 1 amide bonds. The molecule has 0 saturated carbocycles. The van der Waals surface area contributed by atoms with Crippen molar-refractivity contribution in [1.82, 2.24) is 5.32 Å². The monoisotopic (exact) mass is 280 g/mol.